The van der Waals surface area contributed by atoms with E-state index in [1.165, 1.54) is 0 Å². The standard InChI is InChI=1S/C13H11N3O3/c1-7-10-8(13(17)18)6-16(2)12(10)15-11(14-7)9-4-3-5-19-9/h3-6H,1-2H3,(H,17,18). The van der Waals surface area contributed by atoms with Crippen molar-refractivity contribution in [1.29, 1.82) is 0 Å². The Bertz CT molecular complexity index is 772. The van der Waals surface area contributed by atoms with Gasteiger partial charge < -0.3 is 14.1 Å². The number of aromatic carboxylic acids is 1. The van der Waals surface area contributed by atoms with Gasteiger partial charge in [-0.3, -0.25) is 0 Å². The molecule has 0 amide bonds. The summed E-state index contributed by atoms with van der Waals surface area (Å²) >= 11 is 0. The van der Waals surface area contributed by atoms with Gasteiger partial charge in [0.05, 0.1) is 22.9 Å². The van der Waals surface area contributed by atoms with Crippen molar-refractivity contribution >= 4 is 17.0 Å². The molecule has 0 atom stereocenters. The summed E-state index contributed by atoms with van der Waals surface area (Å²) in [6, 6.07) is 3.52. The smallest absolute Gasteiger partial charge is 0.338 e. The Morgan fingerprint density at radius 2 is 2.21 bits per heavy atom. The van der Waals surface area contributed by atoms with E-state index in [9.17, 15) is 9.90 Å². The highest BCUT2D eigenvalue weighted by Crippen LogP contribution is 2.25. The normalized spacial score (nSPS) is 11.1. The van der Waals surface area contributed by atoms with Crippen molar-refractivity contribution in [1.82, 2.24) is 14.5 Å². The summed E-state index contributed by atoms with van der Waals surface area (Å²) in [4.78, 5) is 19.9. The van der Waals surface area contributed by atoms with E-state index in [2.05, 4.69) is 9.97 Å². The van der Waals surface area contributed by atoms with Crippen LogP contribution in [0.15, 0.2) is 29.0 Å². The summed E-state index contributed by atoms with van der Waals surface area (Å²) in [5.74, 6) is 0.0271. The Kier molecular flexibility index (Phi) is 2.38. The van der Waals surface area contributed by atoms with E-state index in [1.54, 1.807) is 43.1 Å². The number of fused-ring (bicyclic) bond motifs is 1. The number of nitrogens with zero attached hydrogens (tertiary/aromatic N) is 3. The molecule has 0 aromatic carbocycles. The van der Waals surface area contributed by atoms with Gasteiger partial charge in [0.2, 0.25) is 0 Å². The molecule has 0 aliphatic rings. The lowest BCUT2D eigenvalue weighted by Gasteiger charge is -2.02. The van der Waals surface area contributed by atoms with E-state index in [0.717, 1.165) is 0 Å². The van der Waals surface area contributed by atoms with Crippen LogP contribution in [0, 0.1) is 6.92 Å². The van der Waals surface area contributed by atoms with Gasteiger partial charge in [-0.2, -0.15) is 0 Å². The number of hydrogen-bond acceptors (Lipinski definition) is 4. The molecule has 0 radical (unpaired) electrons. The number of carboxylic acids is 1. The molecule has 0 saturated heterocycles. The second-order valence-electron chi connectivity index (χ2n) is 4.27. The molecule has 3 aromatic rings. The molecule has 96 valence electrons. The lowest BCUT2D eigenvalue weighted by molar-refractivity contribution is 0.0698. The molecule has 0 aliphatic carbocycles. The number of carbonyl (C=O) groups is 1. The Balaban J connectivity index is 2.33. The predicted molar refractivity (Wildman–Crippen MR) is 67.9 cm³/mol. The molecule has 1 N–H and O–H groups in total. The fourth-order valence-electron chi connectivity index (χ4n) is 2.13. The maximum atomic E-state index is 11.2. The van der Waals surface area contributed by atoms with Crippen LogP contribution in [-0.2, 0) is 7.05 Å². The fourth-order valence-corrected chi connectivity index (χ4v) is 2.13. The van der Waals surface area contributed by atoms with Crippen LogP contribution in [-0.4, -0.2) is 25.6 Å². The molecule has 6 heteroatoms. The van der Waals surface area contributed by atoms with E-state index < -0.39 is 5.97 Å². The van der Waals surface area contributed by atoms with Crippen molar-refractivity contribution in [2.24, 2.45) is 7.05 Å². The number of aryl methyl sites for hydroxylation is 2. The topological polar surface area (TPSA) is 81.2 Å². The van der Waals surface area contributed by atoms with Gasteiger partial charge in [-0.1, -0.05) is 0 Å². The number of furan rings is 1. The van der Waals surface area contributed by atoms with E-state index in [1.807, 2.05) is 0 Å². The fraction of sp³-hybridized carbons (Fsp3) is 0.154. The third-order valence-corrected chi connectivity index (χ3v) is 2.97. The van der Waals surface area contributed by atoms with E-state index in [-0.39, 0.29) is 5.56 Å². The van der Waals surface area contributed by atoms with Crippen molar-refractivity contribution in [2.45, 2.75) is 6.92 Å². The number of carboxylic acid groups (broad SMARTS) is 1. The van der Waals surface area contributed by atoms with E-state index in [4.69, 9.17) is 4.42 Å². The third-order valence-electron chi connectivity index (χ3n) is 2.97. The zero-order valence-electron chi connectivity index (χ0n) is 10.4. The first-order valence-corrected chi connectivity index (χ1v) is 5.69. The molecule has 0 aliphatic heterocycles. The maximum absolute atomic E-state index is 11.2. The van der Waals surface area contributed by atoms with Crippen molar-refractivity contribution in [3.8, 4) is 11.6 Å². The van der Waals surface area contributed by atoms with Gasteiger partial charge in [-0.25, -0.2) is 14.8 Å². The molecule has 6 nitrogen and oxygen atoms in total. The molecule has 0 bridgehead atoms. The number of hydrogen-bond donors (Lipinski definition) is 1. The molecule has 0 unspecified atom stereocenters. The summed E-state index contributed by atoms with van der Waals surface area (Å²) in [5.41, 5.74) is 1.41. The minimum atomic E-state index is -0.983. The van der Waals surface area contributed by atoms with Crippen LogP contribution < -0.4 is 0 Å². The van der Waals surface area contributed by atoms with Crippen LogP contribution in [0.2, 0.25) is 0 Å². The Hall–Kier alpha value is -2.63. The monoisotopic (exact) mass is 257 g/mol. The zero-order valence-corrected chi connectivity index (χ0v) is 10.4. The van der Waals surface area contributed by atoms with Crippen molar-refractivity contribution < 1.29 is 14.3 Å². The van der Waals surface area contributed by atoms with E-state index in [0.29, 0.717) is 28.3 Å². The molecular formula is C13H11N3O3. The van der Waals surface area contributed by atoms with Crippen LogP contribution in [0.3, 0.4) is 0 Å². The minimum Gasteiger partial charge on any atom is -0.478 e. The third kappa shape index (κ3) is 1.69. The number of aromatic nitrogens is 3. The van der Waals surface area contributed by atoms with Crippen molar-refractivity contribution in [2.75, 3.05) is 0 Å². The molecule has 3 aromatic heterocycles. The Morgan fingerprint density at radius 1 is 1.42 bits per heavy atom. The van der Waals surface area contributed by atoms with Crippen LogP contribution in [0.1, 0.15) is 16.1 Å². The summed E-state index contributed by atoms with van der Waals surface area (Å²) in [6.07, 6.45) is 3.09. The maximum Gasteiger partial charge on any atom is 0.338 e. The first kappa shape index (κ1) is 11.5. The summed E-state index contributed by atoms with van der Waals surface area (Å²) in [7, 11) is 1.76. The van der Waals surface area contributed by atoms with Gasteiger partial charge in [0.1, 0.15) is 5.65 Å². The highest BCUT2D eigenvalue weighted by molar-refractivity contribution is 6.03. The summed E-state index contributed by atoms with van der Waals surface area (Å²) in [6.45, 7) is 1.77. The van der Waals surface area contributed by atoms with Gasteiger partial charge >= 0.3 is 5.97 Å². The van der Waals surface area contributed by atoms with Crippen LogP contribution in [0.5, 0.6) is 0 Å². The van der Waals surface area contributed by atoms with Crippen LogP contribution in [0.4, 0.5) is 0 Å². The predicted octanol–water partition coefficient (Wildman–Crippen LogP) is 2.23. The first-order valence-electron chi connectivity index (χ1n) is 5.69. The van der Waals surface area contributed by atoms with Gasteiger partial charge in [0.25, 0.3) is 0 Å². The lowest BCUT2D eigenvalue weighted by atomic mass is 10.2. The average Bonchev–Trinajstić information content (AvgIpc) is 2.97. The van der Waals surface area contributed by atoms with Gasteiger partial charge in [0.15, 0.2) is 11.6 Å². The highest BCUT2D eigenvalue weighted by atomic mass is 16.4. The van der Waals surface area contributed by atoms with Gasteiger partial charge in [-0.15, -0.1) is 0 Å². The molecule has 3 rings (SSSR count). The van der Waals surface area contributed by atoms with E-state index >= 15 is 0 Å². The summed E-state index contributed by atoms with van der Waals surface area (Å²) < 4.78 is 6.95. The number of rotatable bonds is 2. The lowest BCUT2D eigenvalue weighted by Crippen LogP contribution is -1.98. The molecule has 0 saturated carbocycles. The Labute approximate surface area is 108 Å². The van der Waals surface area contributed by atoms with Crippen LogP contribution >= 0.6 is 0 Å². The highest BCUT2D eigenvalue weighted by Gasteiger charge is 2.18. The molecular weight excluding hydrogens is 246 g/mol. The SMILES string of the molecule is Cc1nc(-c2ccco2)nc2c1c(C(=O)O)cn2C. The zero-order chi connectivity index (χ0) is 13.6. The molecule has 0 spiro atoms. The van der Waals surface area contributed by atoms with Gasteiger partial charge in [-0.05, 0) is 19.1 Å². The summed E-state index contributed by atoms with van der Waals surface area (Å²) in [5, 5.41) is 9.75. The minimum absolute atomic E-state index is 0.209. The van der Waals surface area contributed by atoms with Crippen LogP contribution in [0.25, 0.3) is 22.6 Å². The molecule has 0 fully saturated rings. The molecule has 19 heavy (non-hydrogen) atoms. The molecule has 3 heterocycles. The van der Waals surface area contributed by atoms with Crippen molar-refractivity contribution in [3.63, 3.8) is 0 Å². The van der Waals surface area contributed by atoms with Gasteiger partial charge in [0, 0.05) is 13.2 Å². The quantitative estimate of drug-likeness (QED) is 0.761. The largest absolute Gasteiger partial charge is 0.478 e. The first-order chi connectivity index (χ1) is 9.08. The second kappa shape index (κ2) is 3.94. The average molecular weight is 257 g/mol. The van der Waals surface area contributed by atoms with Crippen molar-refractivity contribution in [3.05, 3.63) is 35.9 Å². The Morgan fingerprint density at radius 3 is 2.84 bits per heavy atom. The second-order valence-corrected chi connectivity index (χ2v) is 4.27.